The largest absolute Gasteiger partial charge is 0.478 e. The van der Waals surface area contributed by atoms with Crippen molar-refractivity contribution in [3.8, 4) is 0 Å². The second-order valence-electron chi connectivity index (χ2n) is 4.27. The average Bonchev–Trinajstić information content (AvgIpc) is 2.62. The molecule has 0 saturated heterocycles. The second-order valence-corrected chi connectivity index (χ2v) is 7.65. The third kappa shape index (κ3) is 16.8. The van der Waals surface area contributed by atoms with Gasteiger partial charge in [0.05, 0.1) is 18.2 Å². The first kappa shape index (κ1) is 28.9. The van der Waals surface area contributed by atoms with Gasteiger partial charge in [0.2, 0.25) is 0 Å². The summed E-state index contributed by atoms with van der Waals surface area (Å²) >= 11 is 4.22. The van der Waals surface area contributed by atoms with Gasteiger partial charge in [0.1, 0.15) is 0 Å². The predicted octanol–water partition coefficient (Wildman–Crippen LogP) is 3.02. The third-order valence-corrected chi connectivity index (χ3v) is 3.66. The number of carbonyl (C=O) groups is 2. The maximum absolute atomic E-state index is 10.9. The molecule has 4 N–H and O–H groups in total. The molecular formula is C16H18I2O9S. The molecule has 0 aliphatic heterocycles. The summed E-state index contributed by atoms with van der Waals surface area (Å²) in [5, 5.41) is 15.5. The van der Waals surface area contributed by atoms with Crippen LogP contribution in [0.2, 0.25) is 0 Å². The molecule has 0 saturated carbocycles. The summed E-state index contributed by atoms with van der Waals surface area (Å²) in [7, 11) is -2.29. The molecule has 0 spiro atoms. The van der Waals surface area contributed by atoms with Crippen molar-refractivity contribution >= 4 is 67.5 Å². The first-order chi connectivity index (χ1) is 12.9. The SMILES string of the molecule is CO.COC(=O)c1cccc(I)c1.O=C(O)c1cccc(I)c1.O=S(=O)(O)O. The number of hydrogen-bond acceptors (Lipinski definition) is 6. The zero-order chi connectivity index (χ0) is 22.3. The first-order valence-corrected chi connectivity index (χ1v) is 10.5. The molecule has 0 aromatic heterocycles. The lowest BCUT2D eigenvalue weighted by molar-refractivity contribution is 0.0599. The van der Waals surface area contributed by atoms with Crippen LogP contribution in [0.4, 0.5) is 0 Å². The van der Waals surface area contributed by atoms with Crippen molar-refractivity contribution in [3.63, 3.8) is 0 Å². The summed E-state index contributed by atoms with van der Waals surface area (Å²) in [6.45, 7) is 0. The number of aliphatic hydroxyl groups is 1. The summed E-state index contributed by atoms with van der Waals surface area (Å²) in [5.41, 5.74) is 0.936. The van der Waals surface area contributed by atoms with Gasteiger partial charge in [-0.25, -0.2) is 9.59 Å². The number of carboxylic acids is 1. The highest BCUT2D eigenvalue weighted by Crippen LogP contribution is 2.08. The van der Waals surface area contributed by atoms with Gasteiger partial charge in [0.25, 0.3) is 0 Å². The molecule has 0 amide bonds. The lowest BCUT2D eigenvalue weighted by Crippen LogP contribution is -2.00. The Balaban J connectivity index is 0. The highest BCUT2D eigenvalue weighted by atomic mass is 127. The topological polar surface area (TPSA) is 158 Å². The van der Waals surface area contributed by atoms with Crippen LogP contribution in [0.5, 0.6) is 0 Å². The van der Waals surface area contributed by atoms with Crippen LogP contribution < -0.4 is 0 Å². The molecule has 2 rings (SSSR count). The van der Waals surface area contributed by atoms with Crippen molar-refractivity contribution < 1.29 is 42.1 Å². The van der Waals surface area contributed by atoms with Crippen molar-refractivity contribution in [2.75, 3.05) is 14.2 Å². The lowest BCUT2D eigenvalue weighted by Gasteiger charge is -1.97. The van der Waals surface area contributed by atoms with E-state index >= 15 is 0 Å². The summed E-state index contributed by atoms with van der Waals surface area (Å²) in [5.74, 6) is -1.16. The van der Waals surface area contributed by atoms with E-state index in [1.807, 2.05) is 18.2 Å². The number of rotatable bonds is 2. The molecule has 2 aromatic carbocycles. The van der Waals surface area contributed by atoms with E-state index in [2.05, 4.69) is 49.9 Å². The standard InChI is InChI=1S/C8H7IO2.C7H5IO2.CH4O.H2O4S/c1-11-8(10)6-3-2-4-7(9)5-6;8-6-3-1-2-5(4-6)7(9)10;1-2;1-5(2,3)4/h2-5H,1H3;1-4H,(H,9,10);2H,1H3;(H2,1,2,3,4). The van der Waals surface area contributed by atoms with Crippen molar-refractivity contribution in [1.82, 2.24) is 0 Å². The third-order valence-electron chi connectivity index (χ3n) is 2.32. The van der Waals surface area contributed by atoms with Crippen LogP contribution in [0.1, 0.15) is 20.7 Å². The number of benzene rings is 2. The van der Waals surface area contributed by atoms with E-state index in [4.69, 9.17) is 27.7 Å². The summed E-state index contributed by atoms with van der Waals surface area (Å²) in [6, 6.07) is 14.0. The number of hydrogen-bond donors (Lipinski definition) is 4. The van der Waals surface area contributed by atoms with E-state index in [0.29, 0.717) is 11.1 Å². The molecule has 12 heteroatoms. The molecule has 0 aliphatic carbocycles. The van der Waals surface area contributed by atoms with E-state index < -0.39 is 16.4 Å². The highest BCUT2D eigenvalue weighted by Gasteiger charge is 2.03. The molecule has 0 heterocycles. The number of aromatic carboxylic acids is 1. The van der Waals surface area contributed by atoms with Gasteiger partial charge in [-0.05, 0) is 81.6 Å². The van der Waals surface area contributed by atoms with Gasteiger partial charge < -0.3 is 14.9 Å². The molecule has 0 radical (unpaired) electrons. The van der Waals surface area contributed by atoms with Gasteiger partial charge in [-0.15, -0.1) is 0 Å². The van der Waals surface area contributed by atoms with Crippen molar-refractivity contribution in [3.05, 3.63) is 66.8 Å². The average molecular weight is 640 g/mol. The normalized spacial score (nSPS) is 9.25. The fourth-order valence-electron chi connectivity index (χ4n) is 1.35. The van der Waals surface area contributed by atoms with Crippen LogP contribution in [0.25, 0.3) is 0 Å². The Bertz CT molecular complexity index is 847. The Kier molecular flexibility index (Phi) is 16.1. The van der Waals surface area contributed by atoms with E-state index in [-0.39, 0.29) is 5.97 Å². The van der Waals surface area contributed by atoms with Crippen LogP contribution in [0.15, 0.2) is 48.5 Å². The van der Waals surface area contributed by atoms with Gasteiger partial charge in [0.15, 0.2) is 0 Å². The predicted molar refractivity (Wildman–Crippen MR) is 119 cm³/mol. The number of halogens is 2. The van der Waals surface area contributed by atoms with Crippen molar-refractivity contribution in [1.29, 1.82) is 0 Å². The first-order valence-electron chi connectivity index (χ1n) is 6.91. The quantitative estimate of drug-likeness (QED) is 0.220. The Morgan fingerprint density at radius 3 is 1.54 bits per heavy atom. The van der Waals surface area contributed by atoms with E-state index in [1.165, 1.54) is 7.11 Å². The Hall–Kier alpha value is -1.33. The zero-order valence-electron chi connectivity index (χ0n) is 14.6. The maximum Gasteiger partial charge on any atom is 0.394 e. The minimum Gasteiger partial charge on any atom is -0.478 e. The molecule has 0 bridgehead atoms. The van der Waals surface area contributed by atoms with Crippen LogP contribution in [0.3, 0.4) is 0 Å². The molecule has 0 unspecified atom stereocenters. The fourth-order valence-corrected chi connectivity index (χ4v) is 2.44. The highest BCUT2D eigenvalue weighted by molar-refractivity contribution is 14.1. The Morgan fingerprint density at radius 2 is 1.25 bits per heavy atom. The van der Waals surface area contributed by atoms with E-state index in [1.54, 1.807) is 30.3 Å². The summed E-state index contributed by atoms with van der Waals surface area (Å²) < 4.78 is 38.1. The van der Waals surface area contributed by atoms with Crippen LogP contribution in [-0.2, 0) is 15.1 Å². The molecule has 0 fully saturated rings. The number of carbonyl (C=O) groups excluding carboxylic acids is 1. The van der Waals surface area contributed by atoms with Gasteiger partial charge in [0, 0.05) is 14.3 Å². The Morgan fingerprint density at radius 1 is 0.893 bits per heavy atom. The minimum atomic E-state index is -4.67. The van der Waals surface area contributed by atoms with Gasteiger partial charge in [-0.2, -0.15) is 8.42 Å². The molecule has 2 aromatic rings. The minimum absolute atomic E-state index is 0.288. The number of aliphatic hydroxyl groups excluding tert-OH is 1. The summed E-state index contributed by atoms with van der Waals surface area (Å²) in [6.07, 6.45) is 0. The van der Waals surface area contributed by atoms with Crippen LogP contribution in [0, 0.1) is 7.14 Å². The van der Waals surface area contributed by atoms with E-state index in [9.17, 15) is 9.59 Å². The second kappa shape index (κ2) is 15.6. The van der Waals surface area contributed by atoms with Crippen LogP contribution in [-0.4, -0.2) is 53.9 Å². The summed E-state index contributed by atoms with van der Waals surface area (Å²) in [4.78, 5) is 21.3. The van der Waals surface area contributed by atoms with Gasteiger partial charge in [-0.1, -0.05) is 12.1 Å². The number of esters is 1. The number of carboxylic acid groups (broad SMARTS) is 1. The molecule has 0 atom stereocenters. The number of ether oxygens (including phenoxy) is 1. The zero-order valence-corrected chi connectivity index (χ0v) is 19.7. The van der Waals surface area contributed by atoms with Crippen molar-refractivity contribution in [2.24, 2.45) is 0 Å². The number of methoxy groups -OCH3 is 1. The smallest absolute Gasteiger partial charge is 0.394 e. The molecular weight excluding hydrogens is 622 g/mol. The van der Waals surface area contributed by atoms with Crippen molar-refractivity contribution in [2.45, 2.75) is 0 Å². The van der Waals surface area contributed by atoms with Gasteiger partial charge in [-0.3, -0.25) is 9.11 Å². The van der Waals surface area contributed by atoms with Crippen LogP contribution >= 0.6 is 45.2 Å². The maximum atomic E-state index is 10.9. The van der Waals surface area contributed by atoms with E-state index in [0.717, 1.165) is 14.3 Å². The molecule has 0 aliphatic rings. The van der Waals surface area contributed by atoms with Gasteiger partial charge >= 0.3 is 22.3 Å². The molecule has 156 valence electrons. The lowest BCUT2D eigenvalue weighted by atomic mass is 10.2. The fraction of sp³-hybridized carbons (Fsp3) is 0.125. The molecule has 28 heavy (non-hydrogen) atoms. The molecule has 9 nitrogen and oxygen atoms in total. The monoisotopic (exact) mass is 640 g/mol. The Labute approximate surface area is 189 Å².